The standard InChI is InChI=1S/C26H27N3O2/c1-19-26(20-8-4-3-5-9-20)22-17-23(30-2)21(16-24(22)31-19)18-28-12-14-29(15-13-28)25-10-6-7-11-27-25/h3-11,16-17H,12-15,18H2,1-2H3/p+1. The van der Waals surface area contributed by atoms with E-state index in [9.17, 15) is 0 Å². The molecule has 0 bridgehead atoms. The van der Waals surface area contributed by atoms with Crippen LogP contribution < -0.4 is 14.5 Å². The van der Waals surface area contributed by atoms with Crippen molar-refractivity contribution >= 4 is 16.8 Å². The van der Waals surface area contributed by atoms with Crippen LogP contribution in [-0.4, -0.2) is 38.3 Å². The third kappa shape index (κ3) is 3.89. The van der Waals surface area contributed by atoms with Gasteiger partial charge in [0.2, 0.25) is 0 Å². The first kappa shape index (κ1) is 19.6. The molecule has 158 valence electrons. The van der Waals surface area contributed by atoms with Gasteiger partial charge in [-0.3, -0.25) is 0 Å². The number of methoxy groups -OCH3 is 1. The molecule has 1 aliphatic heterocycles. The predicted molar refractivity (Wildman–Crippen MR) is 124 cm³/mol. The summed E-state index contributed by atoms with van der Waals surface area (Å²) in [7, 11) is 1.76. The van der Waals surface area contributed by atoms with E-state index < -0.39 is 0 Å². The van der Waals surface area contributed by atoms with Gasteiger partial charge in [0.05, 0.1) is 38.9 Å². The third-order valence-corrected chi connectivity index (χ3v) is 6.21. The summed E-state index contributed by atoms with van der Waals surface area (Å²) >= 11 is 0. The zero-order valence-corrected chi connectivity index (χ0v) is 18.1. The van der Waals surface area contributed by atoms with E-state index in [1.807, 2.05) is 25.3 Å². The fourth-order valence-corrected chi connectivity index (χ4v) is 4.62. The number of hydrogen-bond acceptors (Lipinski definition) is 4. The highest BCUT2D eigenvalue weighted by Crippen LogP contribution is 2.37. The van der Waals surface area contributed by atoms with Crippen LogP contribution in [0.25, 0.3) is 22.1 Å². The van der Waals surface area contributed by atoms with Crippen LogP contribution in [0.15, 0.2) is 71.3 Å². The summed E-state index contributed by atoms with van der Waals surface area (Å²) in [6.07, 6.45) is 1.86. The van der Waals surface area contributed by atoms with Crippen LogP contribution in [0.4, 0.5) is 5.82 Å². The Labute approximate surface area is 182 Å². The van der Waals surface area contributed by atoms with Crippen LogP contribution in [0.1, 0.15) is 11.3 Å². The number of quaternary nitrogens is 1. The minimum absolute atomic E-state index is 0.926. The van der Waals surface area contributed by atoms with E-state index in [2.05, 4.69) is 58.4 Å². The Hall–Kier alpha value is -3.31. The van der Waals surface area contributed by atoms with Crippen molar-refractivity contribution in [1.82, 2.24) is 4.98 Å². The number of rotatable bonds is 5. The average Bonchev–Trinajstić information content (AvgIpc) is 3.14. The first-order chi connectivity index (χ1) is 15.2. The van der Waals surface area contributed by atoms with Gasteiger partial charge in [0, 0.05) is 17.1 Å². The molecule has 2 aromatic carbocycles. The Bertz CT molecular complexity index is 1160. The lowest BCUT2D eigenvalue weighted by Gasteiger charge is -2.33. The molecule has 0 atom stereocenters. The molecule has 2 aromatic heterocycles. The Kier molecular flexibility index (Phi) is 5.35. The molecule has 0 spiro atoms. The van der Waals surface area contributed by atoms with Crippen molar-refractivity contribution in [2.45, 2.75) is 13.5 Å². The van der Waals surface area contributed by atoms with Crippen molar-refractivity contribution in [3.8, 4) is 16.9 Å². The fourth-order valence-electron chi connectivity index (χ4n) is 4.62. The molecule has 0 radical (unpaired) electrons. The molecule has 1 saturated heterocycles. The van der Waals surface area contributed by atoms with E-state index in [0.717, 1.165) is 66.6 Å². The minimum Gasteiger partial charge on any atom is -0.496 e. The van der Waals surface area contributed by atoms with Gasteiger partial charge in [-0.1, -0.05) is 36.4 Å². The lowest BCUT2D eigenvalue weighted by atomic mass is 10.0. The number of anilines is 1. The van der Waals surface area contributed by atoms with Crippen molar-refractivity contribution < 1.29 is 14.1 Å². The molecule has 5 nitrogen and oxygen atoms in total. The Morgan fingerprint density at radius 1 is 1.03 bits per heavy atom. The van der Waals surface area contributed by atoms with Gasteiger partial charge in [-0.25, -0.2) is 4.98 Å². The summed E-state index contributed by atoms with van der Waals surface area (Å²) in [5.41, 5.74) is 4.45. The van der Waals surface area contributed by atoms with Crippen molar-refractivity contribution in [2.24, 2.45) is 0 Å². The molecule has 3 heterocycles. The number of piperazine rings is 1. The van der Waals surface area contributed by atoms with E-state index in [4.69, 9.17) is 9.15 Å². The van der Waals surface area contributed by atoms with Crippen molar-refractivity contribution in [3.05, 3.63) is 78.2 Å². The summed E-state index contributed by atoms with van der Waals surface area (Å²) in [5.74, 6) is 2.95. The molecular formula is C26H28N3O2+. The molecule has 0 unspecified atom stereocenters. The monoisotopic (exact) mass is 414 g/mol. The van der Waals surface area contributed by atoms with Crippen molar-refractivity contribution in [1.29, 1.82) is 0 Å². The summed E-state index contributed by atoms with van der Waals surface area (Å²) in [6.45, 7) is 7.13. The van der Waals surface area contributed by atoms with Gasteiger partial charge in [-0.2, -0.15) is 0 Å². The van der Waals surface area contributed by atoms with E-state index >= 15 is 0 Å². The number of fused-ring (bicyclic) bond motifs is 1. The van der Waals surface area contributed by atoms with Gasteiger partial charge in [-0.05, 0) is 36.8 Å². The molecule has 1 aliphatic rings. The third-order valence-electron chi connectivity index (χ3n) is 6.21. The van der Waals surface area contributed by atoms with Crippen LogP contribution in [0.3, 0.4) is 0 Å². The number of hydrogen-bond donors (Lipinski definition) is 1. The SMILES string of the molecule is COc1cc2c(-c3ccccc3)c(C)oc2cc1C[NH+]1CCN(c2ccccn2)CC1. The Morgan fingerprint density at radius 3 is 2.52 bits per heavy atom. The smallest absolute Gasteiger partial charge is 0.135 e. The number of ether oxygens (including phenoxy) is 1. The second-order valence-electron chi connectivity index (χ2n) is 8.16. The second-order valence-corrected chi connectivity index (χ2v) is 8.16. The van der Waals surface area contributed by atoms with E-state index in [1.165, 1.54) is 11.1 Å². The maximum absolute atomic E-state index is 6.18. The number of benzene rings is 2. The largest absolute Gasteiger partial charge is 0.496 e. The Balaban J connectivity index is 1.38. The van der Waals surface area contributed by atoms with Crippen molar-refractivity contribution in [2.75, 3.05) is 38.2 Å². The molecule has 0 amide bonds. The topological polar surface area (TPSA) is 42.9 Å². The Morgan fingerprint density at radius 2 is 1.81 bits per heavy atom. The van der Waals surface area contributed by atoms with Gasteiger partial charge in [0.25, 0.3) is 0 Å². The summed E-state index contributed by atoms with van der Waals surface area (Å²) in [4.78, 5) is 8.41. The van der Waals surface area contributed by atoms with E-state index in [1.54, 1.807) is 12.0 Å². The highest BCUT2D eigenvalue weighted by atomic mass is 16.5. The number of aryl methyl sites for hydroxylation is 1. The zero-order valence-electron chi connectivity index (χ0n) is 18.1. The molecule has 1 fully saturated rings. The highest BCUT2D eigenvalue weighted by Gasteiger charge is 2.23. The minimum atomic E-state index is 0.926. The highest BCUT2D eigenvalue weighted by molar-refractivity contribution is 5.97. The van der Waals surface area contributed by atoms with E-state index in [-0.39, 0.29) is 0 Å². The molecular weight excluding hydrogens is 386 g/mol. The molecule has 31 heavy (non-hydrogen) atoms. The quantitative estimate of drug-likeness (QED) is 0.541. The average molecular weight is 415 g/mol. The second kappa shape index (κ2) is 8.44. The van der Waals surface area contributed by atoms with Crippen LogP contribution in [-0.2, 0) is 6.54 Å². The lowest BCUT2D eigenvalue weighted by molar-refractivity contribution is -0.914. The summed E-state index contributed by atoms with van der Waals surface area (Å²) < 4.78 is 12.0. The van der Waals surface area contributed by atoms with Gasteiger partial charge in [-0.15, -0.1) is 0 Å². The number of pyridine rings is 1. The van der Waals surface area contributed by atoms with Gasteiger partial charge in [0.15, 0.2) is 0 Å². The van der Waals surface area contributed by atoms with Gasteiger partial charge in [0.1, 0.15) is 29.5 Å². The molecule has 0 aliphatic carbocycles. The summed E-state index contributed by atoms with van der Waals surface area (Å²) in [6, 6.07) is 20.8. The molecule has 5 heteroatoms. The molecule has 1 N–H and O–H groups in total. The molecule has 5 rings (SSSR count). The van der Waals surface area contributed by atoms with Gasteiger partial charge < -0.3 is 19.0 Å². The number of furan rings is 1. The number of nitrogens with one attached hydrogen (secondary N) is 1. The van der Waals surface area contributed by atoms with Gasteiger partial charge >= 0.3 is 0 Å². The van der Waals surface area contributed by atoms with Crippen LogP contribution >= 0.6 is 0 Å². The van der Waals surface area contributed by atoms with Crippen LogP contribution in [0, 0.1) is 6.92 Å². The predicted octanol–water partition coefficient (Wildman–Crippen LogP) is 3.72. The first-order valence-electron chi connectivity index (χ1n) is 10.9. The maximum atomic E-state index is 6.18. The fraction of sp³-hybridized carbons (Fsp3) is 0.269. The first-order valence-corrected chi connectivity index (χ1v) is 10.9. The zero-order chi connectivity index (χ0) is 21.2. The number of nitrogens with zero attached hydrogens (tertiary/aromatic N) is 2. The lowest BCUT2D eigenvalue weighted by Crippen LogP contribution is -3.13. The van der Waals surface area contributed by atoms with Crippen LogP contribution in [0.5, 0.6) is 5.75 Å². The van der Waals surface area contributed by atoms with Crippen molar-refractivity contribution in [3.63, 3.8) is 0 Å². The molecule has 4 aromatic rings. The van der Waals surface area contributed by atoms with Crippen LogP contribution in [0.2, 0.25) is 0 Å². The normalized spacial score (nSPS) is 14.8. The number of aromatic nitrogens is 1. The maximum Gasteiger partial charge on any atom is 0.135 e. The van der Waals surface area contributed by atoms with E-state index in [0.29, 0.717) is 0 Å². The summed E-state index contributed by atoms with van der Waals surface area (Å²) in [5, 5.41) is 1.11. The molecule has 0 saturated carbocycles.